The van der Waals surface area contributed by atoms with E-state index >= 15 is 0 Å². The number of carbonyl (C=O) groups excluding carboxylic acids is 3. The molecule has 2 N–H and O–H groups in total. The summed E-state index contributed by atoms with van der Waals surface area (Å²) in [5.41, 5.74) is 3.19. The van der Waals surface area contributed by atoms with E-state index < -0.39 is 11.9 Å². The maximum absolute atomic E-state index is 13.0. The molecule has 0 fully saturated rings. The van der Waals surface area contributed by atoms with Gasteiger partial charge in [0.15, 0.2) is 0 Å². The molecule has 0 aliphatic rings. The van der Waals surface area contributed by atoms with Gasteiger partial charge in [0.2, 0.25) is 0 Å². The molecule has 0 atom stereocenters. The first-order chi connectivity index (χ1) is 15.2. The van der Waals surface area contributed by atoms with Gasteiger partial charge in [-0.15, -0.1) is 11.3 Å². The summed E-state index contributed by atoms with van der Waals surface area (Å²) in [6, 6.07) is 12.4. The maximum Gasteiger partial charge on any atom is 0.341 e. The first kappa shape index (κ1) is 23.5. The van der Waals surface area contributed by atoms with Crippen molar-refractivity contribution < 1.29 is 19.1 Å². The number of hydrogen-bond donors (Lipinski definition) is 2. The smallest absolute Gasteiger partial charge is 0.341 e. The zero-order valence-electron chi connectivity index (χ0n) is 18.2. The average Bonchev–Trinajstić information content (AvgIpc) is 3.07. The van der Waals surface area contributed by atoms with Gasteiger partial charge >= 0.3 is 5.97 Å². The maximum atomic E-state index is 13.0. The van der Waals surface area contributed by atoms with Crippen molar-refractivity contribution in [3.63, 3.8) is 0 Å². The molecule has 3 aromatic rings. The second-order valence-corrected chi connectivity index (χ2v) is 8.54. The van der Waals surface area contributed by atoms with Crippen molar-refractivity contribution in [2.75, 3.05) is 17.2 Å². The molecule has 1 aromatic heterocycles. The molecule has 3 rings (SSSR count). The summed E-state index contributed by atoms with van der Waals surface area (Å²) in [4.78, 5) is 38.9. The number of ether oxygens (including phenoxy) is 1. The lowest BCUT2D eigenvalue weighted by atomic mass is 10.1. The molecule has 0 saturated heterocycles. The Hall–Kier alpha value is -3.16. The number of aryl methyl sites for hydroxylation is 1. The minimum Gasteiger partial charge on any atom is -0.462 e. The Kier molecular flexibility index (Phi) is 7.33. The first-order valence-electron chi connectivity index (χ1n) is 9.98. The van der Waals surface area contributed by atoms with Crippen LogP contribution in [0.4, 0.5) is 10.7 Å². The Morgan fingerprint density at radius 3 is 2.34 bits per heavy atom. The van der Waals surface area contributed by atoms with Crippen molar-refractivity contribution in [3.8, 4) is 0 Å². The summed E-state index contributed by atoms with van der Waals surface area (Å²) in [6.07, 6.45) is 0. The van der Waals surface area contributed by atoms with Crippen LogP contribution in [0.3, 0.4) is 0 Å². The van der Waals surface area contributed by atoms with E-state index in [1.54, 1.807) is 51.1 Å². The normalized spacial score (nSPS) is 10.5. The summed E-state index contributed by atoms with van der Waals surface area (Å²) in [7, 11) is 0. The van der Waals surface area contributed by atoms with Crippen LogP contribution in [0, 0.1) is 20.8 Å². The number of rotatable bonds is 6. The molecular formula is C24H23ClN2O4S. The fourth-order valence-corrected chi connectivity index (χ4v) is 4.45. The van der Waals surface area contributed by atoms with Gasteiger partial charge in [0, 0.05) is 16.3 Å². The lowest BCUT2D eigenvalue weighted by Crippen LogP contribution is -2.16. The zero-order valence-corrected chi connectivity index (χ0v) is 19.7. The molecule has 1 heterocycles. The number of esters is 1. The SMILES string of the molecule is CCOC(=O)c1c(NC(=O)c2ccccc2C)sc(C(=O)Nc2cccc(Cl)c2C)c1C. The predicted molar refractivity (Wildman–Crippen MR) is 128 cm³/mol. The van der Waals surface area contributed by atoms with E-state index in [0.717, 1.165) is 22.5 Å². The van der Waals surface area contributed by atoms with Crippen molar-refractivity contribution >= 4 is 51.4 Å². The number of hydrogen-bond acceptors (Lipinski definition) is 5. The van der Waals surface area contributed by atoms with Crippen molar-refractivity contribution in [1.82, 2.24) is 0 Å². The van der Waals surface area contributed by atoms with E-state index in [9.17, 15) is 14.4 Å². The van der Waals surface area contributed by atoms with E-state index in [4.69, 9.17) is 16.3 Å². The molecule has 0 bridgehead atoms. The Balaban J connectivity index is 1.98. The van der Waals surface area contributed by atoms with E-state index in [1.165, 1.54) is 0 Å². The number of benzene rings is 2. The second-order valence-electron chi connectivity index (χ2n) is 7.12. The van der Waals surface area contributed by atoms with Crippen LogP contribution in [0.2, 0.25) is 5.02 Å². The van der Waals surface area contributed by atoms with Crippen LogP contribution in [0.1, 0.15) is 54.0 Å². The highest BCUT2D eigenvalue weighted by atomic mass is 35.5. The van der Waals surface area contributed by atoms with Gasteiger partial charge in [-0.1, -0.05) is 35.9 Å². The van der Waals surface area contributed by atoms with Crippen LogP contribution in [0.25, 0.3) is 0 Å². The Labute approximate surface area is 195 Å². The molecule has 0 aliphatic heterocycles. The molecule has 166 valence electrons. The van der Waals surface area contributed by atoms with Crippen molar-refractivity contribution in [1.29, 1.82) is 0 Å². The van der Waals surface area contributed by atoms with Gasteiger partial charge in [-0.05, 0) is 62.6 Å². The lowest BCUT2D eigenvalue weighted by Gasteiger charge is -2.09. The van der Waals surface area contributed by atoms with Crippen LogP contribution in [0.15, 0.2) is 42.5 Å². The summed E-state index contributed by atoms with van der Waals surface area (Å²) in [5, 5.41) is 6.42. The van der Waals surface area contributed by atoms with Gasteiger partial charge in [-0.25, -0.2) is 4.79 Å². The Morgan fingerprint density at radius 1 is 0.938 bits per heavy atom. The lowest BCUT2D eigenvalue weighted by molar-refractivity contribution is 0.0527. The number of nitrogens with one attached hydrogen (secondary N) is 2. The van der Waals surface area contributed by atoms with Gasteiger partial charge in [-0.2, -0.15) is 0 Å². The number of anilines is 2. The third kappa shape index (κ3) is 4.84. The molecule has 0 spiro atoms. The molecule has 0 aliphatic carbocycles. The van der Waals surface area contributed by atoms with Crippen molar-refractivity contribution in [2.24, 2.45) is 0 Å². The quantitative estimate of drug-likeness (QED) is 0.432. The summed E-state index contributed by atoms with van der Waals surface area (Å²) in [6.45, 7) is 7.15. The second kappa shape index (κ2) is 9.97. The Bertz CT molecular complexity index is 1200. The zero-order chi connectivity index (χ0) is 23.4. The third-order valence-electron chi connectivity index (χ3n) is 4.97. The van der Waals surface area contributed by atoms with Gasteiger partial charge in [-0.3, -0.25) is 9.59 Å². The van der Waals surface area contributed by atoms with E-state index in [2.05, 4.69) is 10.6 Å². The molecule has 2 aromatic carbocycles. The third-order valence-corrected chi connectivity index (χ3v) is 6.58. The summed E-state index contributed by atoms with van der Waals surface area (Å²) in [5.74, 6) is -1.37. The number of amides is 2. The van der Waals surface area contributed by atoms with Crippen LogP contribution < -0.4 is 10.6 Å². The monoisotopic (exact) mass is 470 g/mol. The molecule has 0 radical (unpaired) electrons. The molecule has 2 amide bonds. The minimum absolute atomic E-state index is 0.169. The first-order valence-corrected chi connectivity index (χ1v) is 11.2. The predicted octanol–water partition coefficient (Wildman–Crippen LogP) is 6.01. The molecular weight excluding hydrogens is 448 g/mol. The number of thiophene rings is 1. The highest BCUT2D eigenvalue weighted by Crippen LogP contribution is 2.35. The van der Waals surface area contributed by atoms with Gasteiger partial charge in [0.1, 0.15) is 5.00 Å². The molecule has 8 heteroatoms. The van der Waals surface area contributed by atoms with Gasteiger partial charge < -0.3 is 15.4 Å². The standard InChI is InChI=1S/C24H23ClN2O4S/c1-5-31-24(30)19-15(4)20(22(29)26-18-12-8-11-17(25)14(18)3)32-23(19)27-21(28)16-10-7-6-9-13(16)2/h6-12H,5H2,1-4H3,(H,26,29)(H,27,28). The van der Waals surface area contributed by atoms with Crippen LogP contribution in [-0.2, 0) is 4.74 Å². The highest BCUT2D eigenvalue weighted by Gasteiger charge is 2.27. The van der Waals surface area contributed by atoms with Crippen LogP contribution in [0.5, 0.6) is 0 Å². The van der Waals surface area contributed by atoms with E-state index in [0.29, 0.717) is 26.7 Å². The number of carbonyl (C=O) groups is 3. The van der Waals surface area contributed by atoms with Crippen LogP contribution >= 0.6 is 22.9 Å². The van der Waals surface area contributed by atoms with Crippen molar-refractivity contribution in [2.45, 2.75) is 27.7 Å². The molecule has 32 heavy (non-hydrogen) atoms. The summed E-state index contributed by atoms with van der Waals surface area (Å²) < 4.78 is 5.17. The molecule has 0 saturated carbocycles. The molecule has 6 nitrogen and oxygen atoms in total. The topological polar surface area (TPSA) is 84.5 Å². The van der Waals surface area contributed by atoms with E-state index in [-0.39, 0.29) is 23.1 Å². The molecule has 0 unspecified atom stereocenters. The van der Waals surface area contributed by atoms with Crippen LogP contribution in [-0.4, -0.2) is 24.4 Å². The fourth-order valence-electron chi connectivity index (χ4n) is 3.19. The van der Waals surface area contributed by atoms with Gasteiger partial charge in [0.05, 0.1) is 17.0 Å². The Morgan fingerprint density at radius 2 is 1.66 bits per heavy atom. The average molecular weight is 471 g/mol. The van der Waals surface area contributed by atoms with Crippen molar-refractivity contribution in [3.05, 3.63) is 80.2 Å². The van der Waals surface area contributed by atoms with E-state index in [1.807, 2.05) is 19.1 Å². The van der Waals surface area contributed by atoms with Gasteiger partial charge in [0.25, 0.3) is 11.8 Å². The fraction of sp³-hybridized carbons (Fsp3) is 0.208. The highest BCUT2D eigenvalue weighted by molar-refractivity contribution is 7.19. The largest absolute Gasteiger partial charge is 0.462 e. The number of halogens is 1. The summed E-state index contributed by atoms with van der Waals surface area (Å²) >= 11 is 7.18. The minimum atomic E-state index is -0.598.